The number of aromatic nitrogens is 2. The summed E-state index contributed by atoms with van der Waals surface area (Å²) in [5, 5.41) is 14.9. The zero-order valence-electron chi connectivity index (χ0n) is 38.8. The number of rotatable bonds is 13. The number of methoxy groups -OCH3 is 1. The maximum atomic E-state index is 14.0. The van der Waals surface area contributed by atoms with Gasteiger partial charge in [-0.25, -0.2) is 9.97 Å². The van der Waals surface area contributed by atoms with E-state index in [1.54, 1.807) is 36.4 Å². The lowest BCUT2D eigenvalue weighted by atomic mass is 9.49. The Morgan fingerprint density at radius 3 is 2.17 bits per heavy atom. The van der Waals surface area contributed by atoms with Crippen LogP contribution in [0, 0.1) is 41.9 Å². The number of hydrogen-bond donors (Lipinski definition) is 2. The van der Waals surface area contributed by atoms with Gasteiger partial charge in [0.05, 0.1) is 40.8 Å². The van der Waals surface area contributed by atoms with Gasteiger partial charge in [-0.3, -0.25) is 39.1 Å². The first-order chi connectivity index (χ1) is 30.8. The van der Waals surface area contributed by atoms with Crippen LogP contribution in [0.2, 0.25) is 0 Å². The van der Waals surface area contributed by atoms with E-state index in [2.05, 4.69) is 68.0 Å². The Balaban J connectivity index is 0.824. The molecule has 3 aliphatic heterocycles. The number of ether oxygens (including phenoxy) is 3. The van der Waals surface area contributed by atoms with Crippen LogP contribution in [-0.4, -0.2) is 112 Å². The molecule has 0 spiro atoms. The highest BCUT2D eigenvalue weighted by molar-refractivity contribution is 6.23. The Bertz CT molecular complexity index is 2430. The van der Waals surface area contributed by atoms with Crippen LogP contribution < -0.4 is 29.7 Å². The number of nitriles is 1. The number of carbonyl (C=O) groups excluding carboxylic acids is 5. The summed E-state index contributed by atoms with van der Waals surface area (Å²) in [7, 11) is 1.53. The minimum absolute atomic E-state index is 0.0314. The van der Waals surface area contributed by atoms with Gasteiger partial charge in [0.15, 0.2) is 0 Å². The molecule has 5 amide bonds. The normalized spacial score (nSPS) is 24.8. The quantitative estimate of drug-likeness (QED) is 0.204. The predicted octanol–water partition coefficient (Wildman–Crippen LogP) is 5.52. The minimum Gasteiger partial charge on any atom is -0.495 e. The zero-order chi connectivity index (χ0) is 46.7. The smallest absolute Gasteiger partial charge is 0.262 e. The van der Waals surface area contributed by atoms with E-state index in [1.807, 2.05) is 13.8 Å². The van der Waals surface area contributed by atoms with Crippen molar-refractivity contribution in [3.8, 4) is 23.3 Å². The van der Waals surface area contributed by atoms with Gasteiger partial charge in [-0.2, -0.15) is 5.26 Å². The van der Waals surface area contributed by atoms with Crippen molar-refractivity contribution in [3.05, 3.63) is 70.0 Å². The van der Waals surface area contributed by atoms with Crippen molar-refractivity contribution >= 4 is 35.5 Å². The standard InChI is InChI=1S/C49H60N8O8/c1-26(2)56(31-20-34(21-31)64-32-12-13-35-36(22-32)44(62)57(43(35)61)37-14-15-39(58)53-41(37)59)25-29-16-18-55(19-17-29)47-51-27(3)40(28(4)52-47)42(60)54-45-48(5,6)46(49(45,7)8)65-33-11-10-30(24-50)38(23-33)63-9/h10-13,22-23,26,29,31,34,37,45-46H,14-21,25H2,1-9H3,(H,54,60)(H,53,58,59). The molecule has 0 radical (unpaired) electrons. The fourth-order valence-corrected chi connectivity index (χ4v) is 11.2. The van der Waals surface area contributed by atoms with Crippen molar-refractivity contribution < 1.29 is 38.2 Å². The Morgan fingerprint density at radius 1 is 0.923 bits per heavy atom. The van der Waals surface area contributed by atoms with Gasteiger partial charge in [-0.1, -0.05) is 27.7 Å². The van der Waals surface area contributed by atoms with E-state index < -0.39 is 40.5 Å². The second-order valence-corrected chi connectivity index (χ2v) is 19.8. The number of hydrogen-bond acceptors (Lipinski definition) is 13. The molecule has 1 unspecified atom stereocenters. The Morgan fingerprint density at radius 2 is 1.55 bits per heavy atom. The molecule has 1 atom stereocenters. The van der Waals surface area contributed by atoms with E-state index in [0.29, 0.717) is 63.7 Å². The third kappa shape index (κ3) is 8.39. The summed E-state index contributed by atoms with van der Waals surface area (Å²) in [4.78, 5) is 80.0. The predicted molar refractivity (Wildman–Crippen MR) is 240 cm³/mol. The highest BCUT2D eigenvalue weighted by Gasteiger charge is 2.64. The largest absolute Gasteiger partial charge is 0.495 e. The molecule has 4 fully saturated rings. The first-order valence-corrected chi connectivity index (χ1v) is 22.8. The fourth-order valence-electron chi connectivity index (χ4n) is 11.2. The number of amides is 5. The molecule has 2 saturated heterocycles. The second-order valence-electron chi connectivity index (χ2n) is 19.8. The Labute approximate surface area is 380 Å². The van der Waals surface area contributed by atoms with E-state index in [-0.39, 0.29) is 48.1 Å². The van der Waals surface area contributed by atoms with Crippen LogP contribution in [0.25, 0.3) is 0 Å². The maximum absolute atomic E-state index is 14.0. The molecule has 0 bridgehead atoms. The third-order valence-corrected chi connectivity index (χ3v) is 14.4. The van der Waals surface area contributed by atoms with Crippen LogP contribution in [0.3, 0.4) is 0 Å². The van der Waals surface area contributed by atoms with Gasteiger partial charge in [0, 0.05) is 73.9 Å². The number of carbonyl (C=O) groups is 5. The number of benzene rings is 2. The minimum atomic E-state index is -1.01. The topological polar surface area (TPSA) is 196 Å². The summed E-state index contributed by atoms with van der Waals surface area (Å²) in [6, 6.07) is 11.7. The van der Waals surface area contributed by atoms with Crippen LogP contribution in [0.1, 0.15) is 128 Å². The lowest BCUT2D eigenvalue weighted by Gasteiger charge is -2.63. The fraction of sp³-hybridized carbons (Fsp3) is 0.551. The molecule has 2 aromatic carbocycles. The molecule has 16 nitrogen and oxygen atoms in total. The summed E-state index contributed by atoms with van der Waals surface area (Å²) in [6.45, 7) is 19.2. The number of aryl methyl sites for hydroxylation is 2. The van der Waals surface area contributed by atoms with Crippen LogP contribution in [0.4, 0.5) is 5.95 Å². The molecule has 2 saturated carbocycles. The molecule has 344 valence electrons. The molecular weight excluding hydrogens is 829 g/mol. The van der Waals surface area contributed by atoms with Crippen LogP contribution in [0.5, 0.6) is 17.2 Å². The van der Waals surface area contributed by atoms with Gasteiger partial charge >= 0.3 is 0 Å². The lowest BCUT2D eigenvalue weighted by Crippen LogP contribution is -2.74. The SMILES string of the molecule is COc1cc(OC2C(C)(C)C(NC(=O)c3c(C)nc(N4CCC(CN(C(C)C)C5CC(Oc6ccc7c(c6)C(=O)N(C6CCC(=O)NC6=O)C7=O)C5)CC4)nc3C)C2(C)C)ccc1C#N. The summed E-state index contributed by atoms with van der Waals surface area (Å²) in [5.41, 5.74) is 1.83. The average Bonchev–Trinajstić information content (AvgIpc) is 3.49. The van der Waals surface area contributed by atoms with E-state index in [9.17, 15) is 29.2 Å². The second kappa shape index (κ2) is 17.4. The molecule has 3 aromatic rings. The monoisotopic (exact) mass is 888 g/mol. The summed E-state index contributed by atoms with van der Waals surface area (Å²) < 4.78 is 18.2. The van der Waals surface area contributed by atoms with Crippen molar-refractivity contribution in [3.63, 3.8) is 0 Å². The lowest BCUT2D eigenvalue weighted by molar-refractivity contribution is -0.164. The molecule has 4 heterocycles. The van der Waals surface area contributed by atoms with E-state index in [4.69, 9.17) is 24.2 Å². The van der Waals surface area contributed by atoms with Crippen molar-refractivity contribution in [2.75, 3.05) is 31.6 Å². The zero-order valence-corrected chi connectivity index (χ0v) is 38.8. The molecule has 5 aliphatic rings. The molecule has 65 heavy (non-hydrogen) atoms. The van der Waals surface area contributed by atoms with E-state index in [0.717, 1.165) is 50.2 Å². The van der Waals surface area contributed by atoms with Gasteiger partial charge in [-0.05, 0) is 83.2 Å². The number of piperidine rings is 2. The highest BCUT2D eigenvalue weighted by atomic mass is 16.5. The molecule has 16 heteroatoms. The van der Waals surface area contributed by atoms with Gasteiger partial charge in [0.2, 0.25) is 17.8 Å². The molecule has 8 rings (SSSR count). The van der Waals surface area contributed by atoms with E-state index in [1.165, 1.54) is 7.11 Å². The van der Waals surface area contributed by atoms with Gasteiger partial charge in [-0.15, -0.1) is 0 Å². The molecular formula is C49H60N8O8. The first-order valence-electron chi connectivity index (χ1n) is 22.8. The van der Waals surface area contributed by atoms with Gasteiger partial charge in [0.25, 0.3) is 17.7 Å². The van der Waals surface area contributed by atoms with Crippen LogP contribution in [-0.2, 0) is 9.59 Å². The average molecular weight is 889 g/mol. The molecule has 1 aromatic heterocycles. The highest BCUT2D eigenvalue weighted by Crippen LogP contribution is 2.56. The summed E-state index contributed by atoms with van der Waals surface area (Å²) in [5.74, 6) is 0.377. The van der Waals surface area contributed by atoms with E-state index >= 15 is 0 Å². The number of nitrogens with one attached hydrogen (secondary N) is 2. The number of imide groups is 2. The van der Waals surface area contributed by atoms with Gasteiger partial charge in [0.1, 0.15) is 41.6 Å². The summed E-state index contributed by atoms with van der Waals surface area (Å²) in [6.07, 6.45) is 3.58. The van der Waals surface area contributed by atoms with Gasteiger partial charge < -0.3 is 24.4 Å². The number of fused-ring (bicyclic) bond motifs is 1. The number of nitrogens with zero attached hydrogens (tertiary/aromatic N) is 6. The summed E-state index contributed by atoms with van der Waals surface area (Å²) >= 11 is 0. The molecule has 2 N–H and O–H groups in total. The number of anilines is 1. The maximum Gasteiger partial charge on any atom is 0.262 e. The van der Waals surface area contributed by atoms with Crippen LogP contribution in [0.15, 0.2) is 36.4 Å². The van der Waals surface area contributed by atoms with Crippen LogP contribution >= 0.6 is 0 Å². The third-order valence-electron chi connectivity index (χ3n) is 14.4. The first kappa shape index (κ1) is 45.5. The Kier molecular flexibility index (Phi) is 12.2. The Hall–Kier alpha value is -6.08. The van der Waals surface area contributed by atoms with Crippen molar-refractivity contribution in [1.82, 2.24) is 30.4 Å². The van der Waals surface area contributed by atoms with Crippen molar-refractivity contribution in [1.29, 1.82) is 5.26 Å². The van der Waals surface area contributed by atoms with Crippen molar-refractivity contribution in [2.45, 2.75) is 130 Å². The van der Waals surface area contributed by atoms with Crippen molar-refractivity contribution in [2.24, 2.45) is 16.7 Å². The molecule has 2 aliphatic carbocycles.